The summed E-state index contributed by atoms with van der Waals surface area (Å²) in [4.78, 5) is 12.7. The van der Waals surface area contributed by atoms with Gasteiger partial charge >= 0.3 is 5.97 Å². The number of ether oxygens (including phenoxy) is 1. The molecule has 0 amide bonds. The molecule has 0 unspecified atom stereocenters. The largest absolute Gasteiger partial charge is 0.468 e. The maximum absolute atomic E-state index is 10.9. The van der Waals surface area contributed by atoms with Gasteiger partial charge in [0.15, 0.2) is 0 Å². The fraction of sp³-hybridized carbons (Fsp3) is 0.625. The van der Waals surface area contributed by atoms with Crippen molar-refractivity contribution in [3.8, 4) is 0 Å². The van der Waals surface area contributed by atoms with E-state index < -0.39 is 0 Å². The Morgan fingerprint density at radius 3 is 2.93 bits per heavy atom. The molecule has 6 nitrogen and oxygen atoms in total. The van der Waals surface area contributed by atoms with Crippen LogP contribution in [0.2, 0.25) is 0 Å². The summed E-state index contributed by atoms with van der Waals surface area (Å²) in [6.45, 7) is 0.828. The first kappa shape index (κ1) is 10.6. The summed E-state index contributed by atoms with van der Waals surface area (Å²) >= 11 is 0. The molecule has 0 saturated heterocycles. The molecule has 0 aliphatic heterocycles. The molecule has 1 rings (SSSR count). The Labute approximate surface area is 82.5 Å². The van der Waals surface area contributed by atoms with Crippen LogP contribution in [0.4, 0.5) is 0 Å². The summed E-state index contributed by atoms with van der Waals surface area (Å²) in [5.41, 5.74) is 0. The monoisotopic (exact) mass is 198 g/mol. The van der Waals surface area contributed by atoms with Gasteiger partial charge in [-0.3, -0.25) is 9.69 Å². The highest BCUT2D eigenvalue weighted by atomic mass is 16.5. The van der Waals surface area contributed by atoms with E-state index in [0.717, 1.165) is 5.82 Å². The van der Waals surface area contributed by atoms with Crippen molar-refractivity contribution in [2.24, 2.45) is 7.05 Å². The molecule has 6 heteroatoms. The van der Waals surface area contributed by atoms with Crippen molar-refractivity contribution in [1.29, 1.82) is 0 Å². The SMILES string of the molecule is COC(=O)CN(C)Cc1nncn1C. The summed E-state index contributed by atoms with van der Waals surface area (Å²) in [5.74, 6) is 0.561. The number of aryl methyl sites for hydroxylation is 1. The number of methoxy groups -OCH3 is 1. The minimum atomic E-state index is -0.255. The second-order valence-electron chi connectivity index (χ2n) is 3.11. The maximum Gasteiger partial charge on any atom is 0.319 e. The summed E-state index contributed by atoms with van der Waals surface area (Å²) in [5, 5.41) is 7.65. The van der Waals surface area contributed by atoms with E-state index in [2.05, 4.69) is 14.9 Å². The van der Waals surface area contributed by atoms with Crippen molar-refractivity contribution in [1.82, 2.24) is 19.7 Å². The lowest BCUT2D eigenvalue weighted by Gasteiger charge is -2.13. The zero-order valence-corrected chi connectivity index (χ0v) is 8.60. The average molecular weight is 198 g/mol. The molecule has 78 valence electrons. The van der Waals surface area contributed by atoms with Gasteiger partial charge in [-0.05, 0) is 7.05 Å². The summed E-state index contributed by atoms with van der Waals surface area (Å²) in [6, 6.07) is 0. The van der Waals surface area contributed by atoms with Gasteiger partial charge < -0.3 is 9.30 Å². The molecule has 0 saturated carbocycles. The molecule has 1 aromatic rings. The molecule has 0 spiro atoms. The molecule has 0 fully saturated rings. The number of rotatable bonds is 4. The van der Waals surface area contributed by atoms with Crippen LogP contribution in [-0.4, -0.2) is 46.3 Å². The number of hydrogen-bond donors (Lipinski definition) is 0. The van der Waals surface area contributed by atoms with Crippen molar-refractivity contribution < 1.29 is 9.53 Å². The molecule has 0 N–H and O–H groups in total. The van der Waals surface area contributed by atoms with Gasteiger partial charge in [-0.1, -0.05) is 0 Å². The zero-order chi connectivity index (χ0) is 10.6. The molecule has 1 heterocycles. The predicted octanol–water partition coefficient (Wildman–Crippen LogP) is -0.580. The number of hydrogen-bond acceptors (Lipinski definition) is 5. The third kappa shape index (κ3) is 2.81. The Kier molecular flexibility index (Phi) is 3.58. The van der Waals surface area contributed by atoms with Crippen LogP contribution >= 0.6 is 0 Å². The van der Waals surface area contributed by atoms with Crippen LogP contribution in [0.1, 0.15) is 5.82 Å². The number of carbonyl (C=O) groups excluding carboxylic acids is 1. The van der Waals surface area contributed by atoms with Gasteiger partial charge in [0, 0.05) is 7.05 Å². The predicted molar refractivity (Wildman–Crippen MR) is 49.4 cm³/mol. The molecule has 1 aromatic heterocycles. The Hall–Kier alpha value is -1.43. The Balaban J connectivity index is 2.45. The van der Waals surface area contributed by atoms with Crippen LogP contribution in [0.25, 0.3) is 0 Å². The van der Waals surface area contributed by atoms with E-state index in [-0.39, 0.29) is 12.5 Å². The quantitative estimate of drug-likeness (QED) is 0.606. The van der Waals surface area contributed by atoms with E-state index in [1.54, 1.807) is 6.33 Å². The van der Waals surface area contributed by atoms with Gasteiger partial charge in [-0.2, -0.15) is 0 Å². The number of aromatic nitrogens is 3. The van der Waals surface area contributed by atoms with E-state index in [4.69, 9.17) is 0 Å². The minimum Gasteiger partial charge on any atom is -0.468 e. The first-order chi connectivity index (χ1) is 6.63. The molecule has 0 aliphatic carbocycles. The second kappa shape index (κ2) is 4.71. The molecule has 0 bridgehead atoms. The van der Waals surface area contributed by atoms with E-state index in [9.17, 15) is 4.79 Å². The van der Waals surface area contributed by atoms with Crippen LogP contribution in [0.15, 0.2) is 6.33 Å². The first-order valence-corrected chi connectivity index (χ1v) is 4.21. The van der Waals surface area contributed by atoms with Crippen molar-refractivity contribution in [3.63, 3.8) is 0 Å². The molecule has 0 atom stereocenters. The van der Waals surface area contributed by atoms with Crippen LogP contribution < -0.4 is 0 Å². The summed E-state index contributed by atoms with van der Waals surface area (Å²) in [7, 11) is 5.06. The second-order valence-corrected chi connectivity index (χ2v) is 3.11. The first-order valence-electron chi connectivity index (χ1n) is 4.21. The van der Waals surface area contributed by atoms with Gasteiger partial charge in [0.25, 0.3) is 0 Å². The smallest absolute Gasteiger partial charge is 0.319 e. The highest BCUT2D eigenvalue weighted by Gasteiger charge is 2.09. The van der Waals surface area contributed by atoms with Crippen LogP contribution in [-0.2, 0) is 23.1 Å². The molecular formula is C8H14N4O2. The van der Waals surface area contributed by atoms with Crippen molar-refractivity contribution >= 4 is 5.97 Å². The summed E-state index contributed by atoms with van der Waals surface area (Å²) in [6.07, 6.45) is 1.63. The highest BCUT2D eigenvalue weighted by Crippen LogP contribution is 1.97. The molecule has 14 heavy (non-hydrogen) atoms. The normalized spacial score (nSPS) is 10.6. The van der Waals surface area contributed by atoms with Gasteiger partial charge in [-0.25, -0.2) is 0 Å². The van der Waals surface area contributed by atoms with Gasteiger partial charge in [-0.15, -0.1) is 10.2 Å². The van der Waals surface area contributed by atoms with E-state index in [1.165, 1.54) is 7.11 Å². The topological polar surface area (TPSA) is 60.2 Å². The van der Waals surface area contributed by atoms with Crippen molar-refractivity contribution in [2.45, 2.75) is 6.54 Å². The maximum atomic E-state index is 10.9. The Bertz CT molecular complexity index is 310. The average Bonchev–Trinajstić information content (AvgIpc) is 2.51. The van der Waals surface area contributed by atoms with Crippen molar-refractivity contribution in [3.05, 3.63) is 12.2 Å². The lowest BCUT2D eigenvalue weighted by Crippen LogP contribution is -2.27. The number of likely N-dealkylation sites (N-methyl/N-ethyl adjacent to an activating group) is 1. The van der Waals surface area contributed by atoms with E-state index in [0.29, 0.717) is 6.54 Å². The third-order valence-corrected chi connectivity index (χ3v) is 1.84. The lowest BCUT2D eigenvalue weighted by atomic mass is 10.5. The number of esters is 1. The van der Waals surface area contributed by atoms with Gasteiger partial charge in [0.2, 0.25) is 0 Å². The van der Waals surface area contributed by atoms with Crippen LogP contribution in [0.3, 0.4) is 0 Å². The molecule has 0 aliphatic rings. The summed E-state index contributed by atoms with van der Waals surface area (Å²) < 4.78 is 6.36. The van der Waals surface area contributed by atoms with Crippen LogP contribution in [0.5, 0.6) is 0 Å². The number of nitrogens with zero attached hydrogens (tertiary/aromatic N) is 4. The molecule has 0 aromatic carbocycles. The molecule has 0 radical (unpaired) electrons. The molecular weight excluding hydrogens is 184 g/mol. The highest BCUT2D eigenvalue weighted by molar-refractivity contribution is 5.71. The Morgan fingerprint density at radius 1 is 1.71 bits per heavy atom. The van der Waals surface area contributed by atoms with E-state index in [1.807, 2.05) is 23.6 Å². The third-order valence-electron chi connectivity index (χ3n) is 1.84. The van der Waals surface area contributed by atoms with Crippen LogP contribution in [0, 0.1) is 0 Å². The zero-order valence-electron chi connectivity index (χ0n) is 8.60. The van der Waals surface area contributed by atoms with Crippen molar-refractivity contribution in [2.75, 3.05) is 20.7 Å². The fourth-order valence-electron chi connectivity index (χ4n) is 1.03. The van der Waals surface area contributed by atoms with E-state index >= 15 is 0 Å². The number of carbonyl (C=O) groups is 1. The standard InChI is InChI=1S/C8H14N4O2/c1-11(5-8(13)14-3)4-7-10-9-6-12(7)2/h6H,4-5H2,1-3H3. The fourth-order valence-corrected chi connectivity index (χ4v) is 1.03. The lowest BCUT2D eigenvalue weighted by molar-refractivity contribution is -0.141. The Morgan fingerprint density at radius 2 is 2.43 bits per heavy atom. The van der Waals surface area contributed by atoms with Gasteiger partial charge in [0.1, 0.15) is 12.2 Å². The minimum absolute atomic E-state index is 0.253. The van der Waals surface area contributed by atoms with Gasteiger partial charge in [0.05, 0.1) is 20.2 Å².